The second-order valence-electron chi connectivity index (χ2n) is 4.54. The molecule has 0 spiro atoms. The zero-order chi connectivity index (χ0) is 15.5. The fraction of sp³-hybridized carbons (Fsp3) is 0.417. The van der Waals surface area contributed by atoms with Crippen LogP contribution in [0.5, 0.6) is 5.75 Å². The first-order valence-corrected chi connectivity index (χ1v) is 8.19. The largest absolute Gasteiger partial charge is 0.496 e. The number of carbonyl (C=O) groups excluding carboxylic acids is 1. The van der Waals surface area contributed by atoms with Crippen molar-refractivity contribution in [2.75, 3.05) is 24.9 Å². The number of anilines is 1. The Morgan fingerprint density at radius 1 is 1.50 bits per heavy atom. The predicted molar refractivity (Wildman–Crippen MR) is 79.1 cm³/mol. The van der Waals surface area contributed by atoms with E-state index < -0.39 is 21.8 Å². The predicted octanol–water partition coefficient (Wildman–Crippen LogP) is 1.09. The smallest absolute Gasteiger partial charge is 0.255 e. The zero-order valence-corrected chi connectivity index (χ0v) is 13.0. The number of hydrogen-bond acceptors (Lipinski definition) is 5. The average Bonchev–Trinajstić information content (AvgIpc) is 2.29. The molecule has 1 rings (SSSR count). The van der Waals surface area contributed by atoms with Crippen LogP contribution in [0.4, 0.5) is 5.69 Å². The zero-order valence-electron chi connectivity index (χ0n) is 11.4. The second kappa shape index (κ2) is 6.32. The summed E-state index contributed by atoms with van der Waals surface area (Å²) in [6.45, 7) is 1.60. The molecule has 0 fully saturated rings. The van der Waals surface area contributed by atoms with Gasteiger partial charge in [-0.2, -0.15) is 0 Å². The lowest BCUT2D eigenvalue weighted by Crippen LogP contribution is -2.37. The Kier molecular flexibility index (Phi) is 5.24. The highest BCUT2D eigenvalue weighted by Gasteiger charge is 2.18. The van der Waals surface area contributed by atoms with Crippen LogP contribution in [0.3, 0.4) is 0 Å². The van der Waals surface area contributed by atoms with Gasteiger partial charge < -0.3 is 15.8 Å². The molecule has 0 radical (unpaired) electrons. The van der Waals surface area contributed by atoms with Crippen molar-refractivity contribution in [1.29, 1.82) is 0 Å². The van der Waals surface area contributed by atoms with Crippen LogP contribution in [-0.2, 0) is 9.84 Å². The summed E-state index contributed by atoms with van der Waals surface area (Å²) < 4.78 is 27.4. The Morgan fingerprint density at radius 2 is 2.10 bits per heavy atom. The number of methoxy groups -OCH3 is 1. The summed E-state index contributed by atoms with van der Waals surface area (Å²) in [7, 11) is -1.77. The topological polar surface area (TPSA) is 98.5 Å². The third-order valence-electron chi connectivity index (χ3n) is 2.49. The maximum atomic E-state index is 12.1. The molecular weight excluding hydrogens is 304 g/mol. The summed E-state index contributed by atoms with van der Waals surface area (Å²) in [5.74, 6) is -0.347. The molecule has 20 heavy (non-hydrogen) atoms. The van der Waals surface area contributed by atoms with Crippen molar-refractivity contribution in [1.82, 2.24) is 5.32 Å². The fourth-order valence-electron chi connectivity index (χ4n) is 1.71. The molecule has 1 unspecified atom stereocenters. The Labute approximate surface area is 123 Å². The normalized spacial score (nSPS) is 12.8. The van der Waals surface area contributed by atoms with Gasteiger partial charge in [0.25, 0.3) is 5.91 Å². The van der Waals surface area contributed by atoms with E-state index in [1.165, 1.54) is 19.2 Å². The molecule has 0 saturated heterocycles. The van der Waals surface area contributed by atoms with Crippen LogP contribution in [0, 0.1) is 0 Å². The van der Waals surface area contributed by atoms with Crippen LogP contribution in [0.1, 0.15) is 17.3 Å². The van der Waals surface area contributed by atoms with Crippen molar-refractivity contribution in [3.63, 3.8) is 0 Å². The Balaban J connectivity index is 2.95. The number of sulfone groups is 1. The number of halogens is 1. The summed E-state index contributed by atoms with van der Waals surface area (Å²) >= 11 is 5.87. The molecule has 1 amide bonds. The molecule has 0 aromatic heterocycles. The maximum Gasteiger partial charge on any atom is 0.255 e. The number of ether oxygens (including phenoxy) is 1. The van der Waals surface area contributed by atoms with E-state index in [1.54, 1.807) is 6.92 Å². The van der Waals surface area contributed by atoms with Gasteiger partial charge in [0, 0.05) is 18.4 Å². The number of benzene rings is 1. The van der Waals surface area contributed by atoms with E-state index in [4.69, 9.17) is 22.1 Å². The number of nitrogens with two attached hydrogens (primary N) is 1. The van der Waals surface area contributed by atoms with Gasteiger partial charge in [0.15, 0.2) is 0 Å². The van der Waals surface area contributed by atoms with Gasteiger partial charge in [-0.05, 0) is 13.0 Å². The molecule has 0 aliphatic heterocycles. The van der Waals surface area contributed by atoms with Crippen LogP contribution < -0.4 is 15.8 Å². The van der Waals surface area contributed by atoms with Crippen LogP contribution >= 0.6 is 11.6 Å². The number of carbonyl (C=O) groups is 1. The lowest BCUT2D eigenvalue weighted by atomic mass is 10.1. The number of hydrogen-bond donors (Lipinski definition) is 2. The Bertz CT molecular complexity index is 616. The first kappa shape index (κ1) is 16.6. The molecule has 0 heterocycles. The van der Waals surface area contributed by atoms with Gasteiger partial charge in [-0.25, -0.2) is 8.42 Å². The first-order valence-electron chi connectivity index (χ1n) is 5.75. The molecule has 1 aromatic carbocycles. The van der Waals surface area contributed by atoms with E-state index in [0.29, 0.717) is 5.69 Å². The summed E-state index contributed by atoms with van der Waals surface area (Å²) in [5, 5.41) is 2.80. The molecule has 6 nitrogen and oxygen atoms in total. The summed E-state index contributed by atoms with van der Waals surface area (Å²) in [5.41, 5.74) is 6.12. The fourth-order valence-corrected chi connectivity index (χ4v) is 2.87. The summed E-state index contributed by atoms with van der Waals surface area (Å²) in [4.78, 5) is 12.1. The maximum absolute atomic E-state index is 12.1. The van der Waals surface area contributed by atoms with E-state index in [2.05, 4.69) is 5.32 Å². The van der Waals surface area contributed by atoms with Gasteiger partial charge in [-0.3, -0.25) is 4.79 Å². The van der Waals surface area contributed by atoms with Crippen molar-refractivity contribution in [3.8, 4) is 5.75 Å². The van der Waals surface area contributed by atoms with E-state index in [-0.39, 0.29) is 22.1 Å². The second-order valence-corrected chi connectivity index (χ2v) is 7.13. The lowest BCUT2D eigenvalue weighted by Gasteiger charge is -2.15. The highest BCUT2D eigenvalue weighted by atomic mass is 35.5. The van der Waals surface area contributed by atoms with Crippen LogP contribution in [0.15, 0.2) is 12.1 Å². The summed E-state index contributed by atoms with van der Waals surface area (Å²) in [6.07, 6.45) is 1.11. The van der Waals surface area contributed by atoms with Crippen LogP contribution in [-0.4, -0.2) is 39.5 Å². The highest BCUT2D eigenvalue weighted by molar-refractivity contribution is 7.90. The Morgan fingerprint density at radius 3 is 2.60 bits per heavy atom. The third-order valence-corrected chi connectivity index (χ3v) is 3.93. The quantitative estimate of drug-likeness (QED) is 0.791. The highest BCUT2D eigenvalue weighted by Crippen LogP contribution is 2.28. The van der Waals surface area contributed by atoms with Gasteiger partial charge in [-0.1, -0.05) is 11.6 Å². The van der Waals surface area contributed by atoms with Crippen molar-refractivity contribution in [2.24, 2.45) is 0 Å². The van der Waals surface area contributed by atoms with E-state index in [9.17, 15) is 13.2 Å². The molecular formula is C12H17ClN2O4S. The number of amides is 1. The summed E-state index contributed by atoms with van der Waals surface area (Å²) in [6, 6.07) is 2.30. The molecule has 0 aliphatic carbocycles. The van der Waals surface area contributed by atoms with Gasteiger partial charge in [0.2, 0.25) is 0 Å². The molecule has 0 bridgehead atoms. The molecule has 1 aromatic rings. The minimum absolute atomic E-state index is 0.149. The number of rotatable bonds is 5. The first-order chi connectivity index (χ1) is 9.14. The Hall–Kier alpha value is -1.47. The minimum atomic E-state index is -3.17. The van der Waals surface area contributed by atoms with Gasteiger partial charge in [-0.15, -0.1) is 0 Å². The van der Waals surface area contributed by atoms with E-state index in [0.717, 1.165) is 6.26 Å². The molecule has 1 atom stereocenters. The molecule has 112 valence electrons. The SMILES string of the molecule is COc1cc(N)c(Cl)cc1C(=O)NC(C)CS(C)(=O)=O. The van der Waals surface area contributed by atoms with Crippen molar-refractivity contribution >= 4 is 33.0 Å². The number of nitrogens with one attached hydrogen (secondary N) is 1. The average molecular weight is 321 g/mol. The van der Waals surface area contributed by atoms with Crippen LogP contribution in [0.2, 0.25) is 5.02 Å². The van der Waals surface area contributed by atoms with Gasteiger partial charge >= 0.3 is 0 Å². The minimum Gasteiger partial charge on any atom is -0.496 e. The lowest BCUT2D eigenvalue weighted by molar-refractivity contribution is 0.0940. The molecule has 3 N–H and O–H groups in total. The third kappa shape index (κ3) is 4.57. The number of nitrogen functional groups attached to an aromatic ring is 1. The van der Waals surface area contributed by atoms with Crippen molar-refractivity contribution < 1.29 is 17.9 Å². The van der Waals surface area contributed by atoms with Crippen molar-refractivity contribution in [2.45, 2.75) is 13.0 Å². The van der Waals surface area contributed by atoms with Gasteiger partial charge in [0.05, 0.1) is 29.1 Å². The van der Waals surface area contributed by atoms with Gasteiger partial charge in [0.1, 0.15) is 15.6 Å². The molecule has 0 aliphatic rings. The van der Waals surface area contributed by atoms with E-state index in [1.807, 2.05) is 0 Å². The molecule has 8 heteroatoms. The van der Waals surface area contributed by atoms with Crippen molar-refractivity contribution in [3.05, 3.63) is 22.7 Å². The van der Waals surface area contributed by atoms with E-state index >= 15 is 0 Å². The molecule has 0 saturated carbocycles. The standard InChI is InChI=1S/C12H17ClN2O4S/c1-7(6-20(3,17)18)15-12(16)8-4-9(13)10(14)5-11(8)19-2/h4-5,7H,6,14H2,1-3H3,(H,15,16). The van der Waals surface area contributed by atoms with Crippen LogP contribution in [0.25, 0.3) is 0 Å². The monoisotopic (exact) mass is 320 g/mol.